The largest absolute Gasteiger partial charge is 0.486 e. The first-order valence-corrected chi connectivity index (χ1v) is 10.7. The number of halogens is 1. The van der Waals surface area contributed by atoms with E-state index in [-0.39, 0.29) is 17.3 Å². The lowest BCUT2D eigenvalue weighted by molar-refractivity contribution is -0.114. The molecule has 156 valence electrons. The minimum Gasteiger partial charge on any atom is -0.486 e. The lowest BCUT2D eigenvalue weighted by Gasteiger charge is -2.20. The summed E-state index contributed by atoms with van der Waals surface area (Å²) in [5.74, 6) is 0.763. The van der Waals surface area contributed by atoms with E-state index in [0.29, 0.717) is 46.7 Å². The molecule has 0 aliphatic carbocycles. The molecule has 1 aliphatic heterocycles. The number of rotatable bonds is 6. The first-order chi connectivity index (χ1) is 13.7. The number of amides is 1. The zero-order valence-electron chi connectivity index (χ0n) is 16.3. The number of ether oxygens (including phenoxy) is 2. The fourth-order valence-corrected chi connectivity index (χ4v) is 4.10. The summed E-state index contributed by atoms with van der Waals surface area (Å²) in [4.78, 5) is 12.5. The molecule has 0 spiro atoms. The molecule has 0 saturated heterocycles. The SMILES string of the molecule is Cc1ccc(NC(=O)CNc2cc3c(cc2Cl)OCCO3)cc1S(=O)(=O)N(C)C. The van der Waals surface area contributed by atoms with Gasteiger partial charge in [0, 0.05) is 31.9 Å². The van der Waals surface area contributed by atoms with E-state index in [1.807, 2.05) is 0 Å². The standard InChI is InChI=1S/C19H22ClN3O5S/c1-12-4-5-13(8-18(12)29(25,26)23(2)3)22-19(24)11-21-15-10-17-16(9-14(15)20)27-6-7-28-17/h4-5,8-10,21H,6-7,11H2,1-3H3,(H,22,24). The number of hydrogen-bond donors (Lipinski definition) is 2. The number of benzene rings is 2. The van der Waals surface area contributed by atoms with Gasteiger partial charge in [-0.05, 0) is 24.6 Å². The van der Waals surface area contributed by atoms with Crippen molar-refractivity contribution in [2.45, 2.75) is 11.8 Å². The number of hydrogen-bond acceptors (Lipinski definition) is 6. The number of nitrogens with one attached hydrogen (secondary N) is 2. The maximum Gasteiger partial charge on any atom is 0.243 e. The molecule has 0 saturated carbocycles. The van der Waals surface area contributed by atoms with Crippen molar-refractivity contribution in [1.82, 2.24) is 4.31 Å². The van der Waals surface area contributed by atoms with Crippen LogP contribution in [0.25, 0.3) is 0 Å². The van der Waals surface area contributed by atoms with Crippen molar-refractivity contribution in [3.63, 3.8) is 0 Å². The van der Waals surface area contributed by atoms with Crippen LogP contribution in [-0.2, 0) is 14.8 Å². The monoisotopic (exact) mass is 439 g/mol. The quantitative estimate of drug-likeness (QED) is 0.718. The normalized spacial score (nSPS) is 13.3. The first-order valence-electron chi connectivity index (χ1n) is 8.84. The molecule has 10 heteroatoms. The molecule has 0 unspecified atom stereocenters. The van der Waals surface area contributed by atoms with E-state index in [2.05, 4.69) is 10.6 Å². The Balaban J connectivity index is 1.69. The molecule has 1 heterocycles. The molecular formula is C19H22ClN3O5S. The highest BCUT2D eigenvalue weighted by atomic mass is 35.5. The van der Waals surface area contributed by atoms with Crippen LogP contribution >= 0.6 is 11.6 Å². The molecule has 1 aliphatic rings. The second kappa shape index (κ2) is 8.48. The van der Waals surface area contributed by atoms with Crippen molar-refractivity contribution < 1.29 is 22.7 Å². The average molecular weight is 440 g/mol. The minimum absolute atomic E-state index is 0.0665. The molecule has 2 aromatic carbocycles. The van der Waals surface area contributed by atoms with E-state index in [4.69, 9.17) is 21.1 Å². The van der Waals surface area contributed by atoms with Gasteiger partial charge < -0.3 is 20.1 Å². The number of fused-ring (bicyclic) bond motifs is 1. The second-order valence-electron chi connectivity index (χ2n) is 6.65. The van der Waals surface area contributed by atoms with Gasteiger partial charge in [-0.1, -0.05) is 17.7 Å². The van der Waals surface area contributed by atoms with Crippen molar-refractivity contribution in [2.75, 3.05) is 44.5 Å². The molecule has 0 fully saturated rings. The summed E-state index contributed by atoms with van der Waals surface area (Å²) in [6, 6.07) is 8.06. The number of carbonyl (C=O) groups excluding carboxylic acids is 1. The van der Waals surface area contributed by atoms with Crippen LogP contribution in [0.5, 0.6) is 11.5 Å². The van der Waals surface area contributed by atoms with Gasteiger partial charge in [-0.2, -0.15) is 0 Å². The van der Waals surface area contributed by atoms with Crippen LogP contribution in [0, 0.1) is 6.92 Å². The molecule has 3 rings (SSSR count). The Kier molecular flexibility index (Phi) is 6.21. The van der Waals surface area contributed by atoms with Crippen LogP contribution in [0.3, 0.4) is 0 Å². The molecule has 2 N–H and O–H groups in total. The van der Waals surface area contributed by atoms with Crippen molar-refractivity contribution in [3.8, 4) is 11.5 Å². The summed E-state index contributed by atoms with van der Waals surface area (Å²) in [6.07, 6.45) is 0. The zero-order chi connectivity index (χ0) is 21.2. The molecule has 0 bridgehead atoms. The Labute approximate surface area is 174 Å². The summed E-state index contributed by atoms with van der Waals surface area (Å²) < 4.78 is 36.9. The van der Waals surface area contributed by atoms with E-state index in [1.165, 1.54) is 20.2 Å². The molecule has 0 radical (unpaired) electrons. The van der Waals surface area contributed by atoms with Gasteiger partial charge in [0.05, 0.1) is 22.2 Å². The summed E-state index contributed by atoms with van der Waals surface area (Å²) in [5.41, 5.74) is 1.51. The van der Waals surface area contributed by atoms with Gasteiger partial charge in [0.15, 0.2) is 11.5 Å². The smallest absolute Gasteiger partial charge is 0.243 e. The van der Waals surface area contributed by atoms with E-state index in [9.17, 15) is 13.2 Å². The van der Waals surface area contributed by atoms with Crippen molar-refractivity contribution in [1.29, 1.82) is 0 Å². The lowest BCUT2D eigenvalue weighted by atomic mass is 10.2. The summed E-state index contributed by atoms with van der Waals surface area (Å²) in [5, 5.41) is 6.04. The van der Waals surface area contributed by atoms with Crippen molar-refractivity contribution in [3.05, 3.63) is 40.9 Å². The van der Waals surface area contributed by atoms with Gasteiger partial charge in [-0.15, -0.1) is 0 Å². The molecule has 8 nitrogen and oxygen atoms in total. The van der Waals surface area contributed by atoms with Crippen LogP contribution in [0.1, 0.15) is 5.56 Å². The fraction of sp³-hybridized carbons (Fsp3) is 0.316. The summed E-state index contributed by atoms with van der Waals surface area (Å²) in [6.45, 7) is 2.54. The average Bonchev–Trinajstić information content (AvgIpc) is 2.67. The van der Waals surface area contributed by atoms with Gasteiger partial charge in [0.25, 0.3) is 0 Å². The molecular weight excluding hydrogens is 418 g/mol. The van der Waals surface area contributed by atoms with E-state index in [0.717, 1.165) is 4.31 Å². The Hall–Kier alpha value is -2.49. The number of carbonyl (C=O) groups is 1. The highest BCUT2D eigenvalue weighted by Gasteiger charge is 2.20. The third-order valence-corrected chi connectivity index (χ3v) is 6.57. The van der Waals surface area contributed by atoms with Gasteiger partial charge in [0.1, 0.15) is 13.2 Å². The Bertz CT molecular complexity index is 1040. The lowest BCUT2D eigenvalue weighted by Crippen LogP contribution is -2.24. The van der Waals surface area contributed by atoms with E-state index >= 15 is 0 Å². The number of aryl methyl sites for hydroxylation is 1. The van der Waals surface area contributed by atoms with Gasteiger partial charge in [0.2, 0.25) is 15.9 Å². The van der Waals surface area contributed by atoms with Crippen molar-refractivity contribution in [2.24, 2.45) is 0 Å². The fourth-order valence-electron chi connectivity index (χ4n) is 2.73. The zero-order valence-corrected chi connectivity index (χ0v) is 17.9. The Morgan fingerprint density at radius 1 is 1.14 bits per heavy atom. The predicted octanol–water partition coefficient (Wildman–Crippen LogP) is 2.72. The Morgan fingerprint density at radius 2 is 1.79 bits per heavy atom. The van der Waals surface area contributed by atoms with Crippen LogP contribution in [0.15, 0.2) is 35.2 Å². The third-order valence-electron chi connectivity index (χ3n) is 4.30. The summed E-state index contributed by atoms with van der Waals surface area (Å²) >= 11 is 6.22. The van der Waals surface area contributed by atoms with Crippen LogP contribution in [0.4, 0.5) is 11.4 Å². The topological polar surface area (TPSA) is 97.0 Å². The van der Waals surface area contributed by atoms with Crippen LogP contribution in [-0.4, -0.2) is 52.5 Å². The van der Waals surface area contributed by atoms with E-state index < -0.39 is 10.0 Å². The second-order valence-corrected chi connectivity index (χ2v) is 9.17. The van der Waals surface area contributed by atoms with Crippen LogP contribution in [0.2, 0.25) is 5.02 Å². The van der Waals surface area contributed by atoms with Crippen molar-refractivity contribution >= 4 is 38.9 Å². The molecule has 1 amide bonds. The molecule has 0 aromatic heterocycles. The van der Waals surface area contributed by atoms with Gasteiger partial charge >= 0.3 is 0 Å². The highest BCUT2D eigenvalue weighted by Crippen LogP contribution is 2.37. The van der Waals surface area contributed by atoms with E-state index in [1.54, 1.807) is 31.2 Å². The maximum absolute atomic E-state index is 12.4. The number of anilines is 2. The molecule has 0 atom stereocenters. The number of sulfonamides is 1. The predicted molar refractivity (Wildman–Crippen MR) is 112 cm³/mol. The maximum atomic E-state index is 12.4. The van der Waals surface area contributed by atoms with Gasteiger partial charge in [-0.3, -0.25) is 4.79 Å². The number of nitrogens with zero attached hydrogens (tertiary/aromatic N) is 1. The molecule has 2 aromatic rings. The molecule has 29 heavy (non-hydrogen) atoms. The highest BCUT2D eigenvalue weighted by molar-refractivity contribution is 7.89. The Morgan fingerprint density at radius 3 is 2.45 bits per heavy atom. The summed E-state index contributed by atoms with van der Waals surface area (Å²) in [7, 11) is -0.694. The first kappa shape index (κ1) is 21.2. The minimum atomic E-state index is -3.61. The van der Waals surface area contributed by atoms with Gasteiger partial charge in [-0.25, -0.2) is 12.7 Å². The van der Waals surface area contributed by atoms with Crippen LogP contribution < -0.4 is 20.1 Å². The third kappa shape index (κ3) is 4.75.